The lowest BCUT2D eigenvalue weighted by Gasteiger charge is -2.19. The number of rotatable bonds is 35. The molecular formula is C40H70NO8P. The standard InChI is InChI=1S/C40H70NO8P/c1-3-5-7-9-11-13-15-17-18-19-20-21-23-25-27-29-31-33-40(43)49-38(37-48-50(44,45)47-35-34-41)36-46-39(42)32-30-28-26-24-22-16-14-12-10-8-6-4-2/h7,9,12-15,18-19,21,23,38H,3-6,8,10-11,16-17,20,22,24-37,41H2,1-2H3,(H,44,45)/b9-7+,14-12+,15-13+,19-18+,23-21+/t38-/m1/s1. The Bertz CT molecular complexity index is 1010. The Morgan fingerprint density at radius 2 is 1.08 bits per heavy atom. The maximum atomic E-state index is 12.5. The lowest BCUT2D eigenvalue weighted by Crippen LogP contribution is -2.29. The van der Waals surface area contributed by atoms with Crippen molar-refractivity contribution in [3.05, 3.63) is 60.8 Å². The van der Waals surface area contributed by atoms with Gasteiger partial charge in [0, 0.05) is 19.4 Å². The quantitative estimate of drug-likeness (QED) is 0.0283. The molecule has 50 heavy (non-hydrogen) atoms. The van der Waals surface area contributed by atoms with Crippen LogP contribution in [0.1, 0.15) is 149 Å². The predicted molar refractivity (Wildman–Crippen MR) is 206 cm³/mol. The normalized spacial score (nSPS) is 14.1. The first kappa shape index (κ1) is 47.7. The second kappa shape index (κ2) is 36.5. The Morgan fingerprint density at radius 3 is 1.66 bits per heavy atom. The first-order valence-corrected chi connectivity index (χ1v) is 20.8. The van der Waals surface area contributed by atoms with Gasteiger partial charge in [-0.15, -0.1) is 0 Å². The molecule has 1 unspecified atom stereocenters. The van der Waals surface area contributed by atoms with Gasteiger partial charge < -0.3 is 20.1 Å². The van der Waals surface area contributed by atoms with Crippen molar-refractivity contribution in [1.29, 1.82) is 0 Å². The van der Waals surface area contributed by atoms with Crippen molar-refractivity contribution in [1.82, 2.24) is 0 Å². The summed E-state index contributed by atoms with van der Waals surface area (Å²) in [5, 5.41) is 0. The fourth-order valence-corrected chi connectivity index (χ4v) is 5.50. The number of carbonyl (C=O) groups excluding carboxylic acids is 2. The first-order chi connectivity index (χ1) is 24.3. The highest BCUT2D eigenvalue weighted by Gasteiger charge is 2.25. The summed E-state index contributed by atoms with van der Waals surface area (Å²) in [5.74, 6) is -0.883. The molecule has 0 fully saturated rings. The fourth-order valence-electron chi connectivity index (χ4n) is 4.74. The second-order valence-corrected chi connectivity index (χ2v) is 13.9. The summed E-state index contributed by atoms with van der Waals surface area (Å²) in [4.78, 5) is 34.7. The molecule has 0 rings (SSSR count). The molecule has 0 amide bonds. The monoisotopic (exact) mass is 723 g/mol. The van der Waals surface area contributed by atoms with Crippen LogP contribution in [-0.4, -0.2) is 49.3 Å². The molecule has 3 N–H and O–H groups in total. The zero-order chi connectivity index (χ0) is 36.8. The van der Waals surface area contributed by atoms with Crippen LogP contribution >= 0.6 is 7.82 Å². The number of hydrogen-bond acceptors (Lipinski definition) is 8. The van der Waals surface area contributed by atoms with Gasteiger partial charge in [0.05, 0.1) is 13.2 Å². The van der Waals surface area contributed by atoms with Gasteiger partial charge in [0.25, 0.3) is 0 Å². The zero-order valence-electron chi connectivity index (χ0n) is 31.4. The molecule has 0 aliphatic carbocycles. The molecule has 0 bridgehead atoms. The van der Waals surface area contributed by atoms with E-state index >= 15 is 0 Å². The molecule has 10 heteroatoms. The summed E-state index contributed by atoms with van der Waals surface area (Å²) in [6.45, 7) is 3.56. The van der Waals surface area contributed by atoms with Crippen LogP contribution in [0.5, 0.6) is 0 Å². The molecule has 0 aromatic rings. The van der Waals surface area contributed by atoms with Crippen LogP contribution in [0.2, 0.25) is 0 Å². The van der Waals surface area contributed by atoms with E-state index in [0.29, 0.717) is 12.8 Å². The number of phosphoric ester groups is 1. The van der Waals surface area contributed by atoms with Crippen molar-refractivity contribution >= 4 is 19.8 Å². The van der Waals surface area contributed by atoms with E-state index in [0.717, 1.165) is 83.5 Å². The van der Waals surface area contributed by atoms with Crippen LogP contribution in [0.25, 0.3) is 0 Å². The Labute approximate surface area is 304 Å². The minimum absolute atomic E-state index is 0.0441. The molecule has 0 saturated heterocycles. The fraction of sp³-hybridized carbons (Fsp3) is 0.700. The Balaban J connectivity index is 4.31. The lowest BCUT2D eigenvalue weighted by atomic mass is 10.1. The second-order valence-electron chi connectivity index (χ2n) is 12.4. The average molecular weight is 724 g/mol. The van der Waals surface area contributed by atoms with Gasteiger partial charge in [0.1, 0.15) is 6.61 Å². The van der Waals surface area contributed by atoms with E-state index in [2.05, 4.69) is 74.6 Å². The van der Waals surface area contributed by atoms with E-state index in [4.69, 9.17) is 24.3 Å². The highest BCUT2D eigenvalue weighted by Crippen LogP contribution is 2.43. The molecule has 288 valence electrons. The number of esters is 2. The summed E-state index contributed by atoms with van der Waals surface area (Å²) in [5.41, 5.74) is 5.33. The van der Waals surface area contributed by atoms with Crippen molar-refractivity contribution in [2.24, 2.45) is 5.73 Å². The molecule has 0 radical (unpaired) electrons. The van der Waals surface area contributed by atoms with Gasteiger partial charge in [-0.3, -0.25) is 18.6 Å². The molecule has 0 aliphatic rings. The number of ether oxygens (including phenoxy) is 2. The molecule has 0 saturated carbocycles. The zero-order valence-corrected chi connectivity index (χ0v) is 32.3. The van der Waals surface area contributed by atoms with E-state index in [-0.39, 0.29) is 32.6 Å². The van der Waals surface area contributed by atoms with Gasteiger partial charge in [0.15, 0.2) is 6.10 Å². The highest BCUT2D eigenvalue weighted by atomic mass is 31.2. The van der Waals surface area contributed by atoms with Gasteiger partial charge in [-0.1, -0.05) is 120 Å². The van der Waals surface area contributed by atoms with Crippen molar-refractivity contribution in [2.45, 2.75) is 155 Å². The van der Waals surface area contributed by atoms with Gasteiger partial charge in [-0.25, -0.2) is 4.57 Å². The molecule has 9 nitrogen and oxygen atoms in total. The molecule has 0 aromatic carbocycles. The van der Waals surface area contributed by atoms with Crippen LogP contribution in [0.4, 0.5) is 0 Å². The topological polar surface area (TPSA) is 134 Å². The minimum Gasteiger partial charge on any atom is -0.462 e. The third-order valence-corrected chi connectivity index (χ3v) is 8.59. The predicted octanol–water partition coefficient (Wildman–Crippen LogP) is 10.5. The van der Waals surface area contributed by atoms with E-state index in [1.54, 1.807) is 0 Å². The summed E-state index contributed by atoms with van der Waals surface area (Å²) in [6.07, 6.45) is 41.0. The third-order valence-electron chi connectivity index (χ3n) is 7.61. The van der Waals surface area contributed by atoms with Gasteiger partial charge in [0.2, 0.25) is 0 Å². The first-order valence-electron chi connectivity index (χ1n) is 19.3. The number of carbonyl (C=O) groups is 2. The van der Waals surface area contributed by atoms with Crippen molar-refractivity contribution < 1.29 is 37.6 Å². The molecule has 0 spiro atoms. The number of hydrogen-bond donors (Lipinski definition) is 2. The van der Waals surface area contributed by atoms with E-state index in [1.165, 1.54) is 25.7 Å². The molecule has 2 atom stereocenters. The summed E-state index contributed by atoms with van der Waals surface area (Å²) >= 11 is 0. The van der Waals surface area contributed by atoms with Gasteiger partial charge in [-0.05, 0) is 77.0 Å². The van der Waals surface area contributed by atoms with Crippen molar-refractivity contribution in [3.8, 4) is 0 Å². The number of phosphoric acid groups is 1. The van der Waals surface area contributed by atoms with E-state index in [9.17, 15) is 19.0 Å². The Hall–Kier alpha value is -2.29. The maximum Gasteiger partial charge on any atom is 0.472 e. The Kier molecular flexibility index (Phi) is 34.8. The molecule has 0 heterocycles. The summed E-state index contributed by atoms with van der Waals surface area (Å²) < 4.78 is 32.6. The smallest absolute Gasteiger partial charge is 0.462 e. The molecule has 0 aromatic heterocycles. The van der Waals surface area contributed by atoms with Crippen LogP contribution in [-0.2, 0) is 32.7 Å². The van der Waals surface area contributed by atoms with E-state index < -0.39 is 32.5 Å². The van der Waals surface area contributed by atoms with Crippen molar-refractivity contribution in [3.63, 3.8) is 0 Å². The molecular weight excluding hydrogens is 653 g/mol. The number of nitrogens with two attached hydrogens (primary N) is 1. The lowest BCUT2D eigenvalue weighted by molar-refractivity contribution is -0.161. The van der Waals surface area contributed by atoms with Gasteiger partial charge >= 0.3 is 19.8 Å². The van der Waals surface area contributed by atoms with Gasteiger partial charge in [-0.2, -0.15) is 0 Å². The van der Waals surface area contributed by atoms with Crippen molar-refractivity contribution in [2.75, 3.05) is 26.4 Å². The average Bonchev–Trinajstić information content (AvgIpc) is 3.10. The summed E-state index contributed by atoms with van der Waals surface area (Å²) in [7, 11) is -4.38. The minimum atomic E-state index is -4.38. The SMILES string of the molecule is CCC/C=C/C/C=C/C/C=C/C/C=C/CCCCCC(=O)O[C@H](COC(=O)CCCCCCC/C=C/CCCCC)COP(=O)(O)OCCN. The Morgan fingerprint density at radius 1 is 0.600 bits per heavy atom. The maximum absolute atomic E-state index is 12.5. The highest BCUT2D eigenvalue weighted by molar-refractivity contribution is 7.47. The van der Waals surface area contributed by atoms with Crippen LogP contribution in [0, 0.1) is 0 Å². The van der Waals surface area contributed by atoms with E-state index in [1.807, 2.05) is 0 Å². The third kappa shape index (κ3) is 35.5. The van der Waals surface area contributed by atoms with Crippen LogP contribution in [0.15, 0.2) is 60.8 Å². The largest absolute Gasteiger partial charge is 0.472 e. The number of unbranched alkanes of at least 4 members (excludes halogenated alkanes) is 12. The number of allylic oxidation sites excluding steroid dienone is 10. The van der Waals surface area contributed by atoms with Crippen LogP contribution in [0.3, 0.4) is 0 Å². The summed E-state index contributed by atoms with van der Waals surface area (Å²) in [6, 6.07) is 0. The molecule has 0 aliphatic heterocycles. The van der Waals surface area contributed by atoms with Crippen LogP contribution < -0.4 is 5.73 Å².